The average molecular weight is 404 g/mol. The fraction of sp³-hybridized carbons (Fsp3) is 0.524. The molecule has 0 aromatic heterocycles. The smallest absolute Gasteiger partial charge is 0.337 e. The number of benzene rings is 1. The maximum Gasteiger partial charge on any atom is 0.337 e. The van der Waals surface area contributed by atoms with E-state index in [4.69, 9.17) is 4.74 Å². The van der Waals surface area contributed by atoms with Gasteiger partial charge in [-0.05, 0) is 31.0 Å². The molecule has 1 aromatic carbocycles. The molecule has 2 amide bonds. The highest BCUT2D eigenvalue weighted by Crippen LogP contribution is 2.24. The Kier molecular flexibility index (Phi) is 7.36. The zero-order valence-corrected chi connectivity index (χ0v) is 17.3. The summed E-state index contributed by atoms with van der Waals surface area (Å²) in [6.45, 7) is 6.20. The van der Waals surface area contributed by atoms with Crippen molar-refractivity contribution in [1.29, 1.82) is 0 Å². The van der Waals surface area contributed by atoms with Crippen LogP contribution < -0.4 is 5.32 Å². The predicted octanol–water partition coefficient (Wildman–Crippen LogP) is 2.24. The van der Waals surface area contributed by atoms with Crippen LogP contribution in [0.3, 0.4) is 0 Å². The number of ether oxygens (including phenoxy) is 2. The number of methoxy groups -OCH3 is 1. The molecule has 0 spiro atoms. The zero-order chi connectivity index (χ0) is 21.6. The lowest BCUT2D eigenvalue weighted by Crippen LogP contribution is -2.45. The molecule has 0 aliphatic carbocycles. The quantitative estimate of drug-likeness (QED) is 0.755. The lowest BCUT2D eigenvalue weighted by Gasteiger charge is -2.34. The van der Waals surface area contributed by atoms with E-state index in [9.17, 15) is 19.2 Å². The summed E-state index contributed by atoms with van der Waals surface area (Å²) in [5.74, 6) is -1.71. The number of esters is 2. The second-order valence-corrected chi connectivity index (χ2v) is 8.04. The Hall–Kier alpha value is -2.90. The fourth-order valence-corrected chi connectivity index (χ4v) is 3.09. The molecule has 1 saturated heterocycles. The van der Waals surface area contributed by atoms with Crippen molar-refractivity contribution >= 4 is 29.4 Å². The Morgan fingerprint density at radius 1 is 1.14 bits per heavy atom. The van der Waals surface area contributed by atoms with Crippen LogP contribution in [0.1, 0.15) is 44.0 Å². The van der Waals surface area contributed by atoms with Gasteiger partial charge < -0.3 is 19.7 Å². The number of nitrogens with zero attached hydrogens (tertiary/aromatic N) is 1. The molecular weight excluding hydrogens is 376 g/mol. The SMILES string of the molecule is COC(=O)c1cccc(NC(=O)COC(=O)C2CCN(C(=O)C(C)(C)C)CC2)c1. The summed E-state index contributed by atoms with van der Waals surface area (Å²) in [5.41, 5.74) is 0.262. The largest absolute Gasteiger partial charge is 0.465 e. The number of likely N-dealkylation sites (tertiary alicyclic amines) is 1. The van der Waals surface area contributed by atoms with Gasteiger partial charge in [-0.25, -0.2) is 4.79 Å². The Labute approximate surface area is 170 Å². The van der Waals surface area contributed by atoms with Gasteiger partial charge in [0.25, 0.3) is 5.91 Å². The van der Waals surface area contributed by atoms with Crippen LogP contribution in [-0.4, -0.2) is 55.5 Å². The number of hydrogen-bond donors (Lipinski definition) is 1. The number of anilines is 1. The third-order valence-corrected chi connectivity index (χ3v) is 4.67. The van der Waals surface area contributed by atoms with Crippen LogP contribution in [0, 0.1) is 11.3 Å². The lowest BCUT2D eigenvalue weighted by atomic mass is 9.91. The van der Waals surface area contributed by atoms with Gasteiger partial charge in [0.1, 0.15) is 0 Å². The monoisotopic (exact) mass is 404 g/mol. The summed E-state index contributed by atoms with van der Waals surface area (Å²) in [5, 5.41) is 2.58. The molecule has 0 radical (unpaired) electrons. The van der Waals surface area contributed by atoms with Crippen molar-refractivity contribution in [3.63, 3.8) is 0 Å². The molecular formula is C21H28N2O6. The van der Waals surface area contributed by atoms with E-state index in [1.807, 2.05) is 20.8 Å². The second-order valence-electron chi connectivity index (χ2n) is 8.04. The van der Waals surface area contributed by atoms with E-state index >= 15 is 0 Å². The Bertz CT molecular complexity index is 776. The second kappa shape index (κ2) is 9.54. The summed E-state index contributed by atoms with van der Waals surface area (Å²) in [6, 6.07) is 6.28. The van der Waals surface area contributed by atoms with Crippen molar-refractivity contribution in [3.8, 4) is 0 Å². The summed E-state index contributed by atoms with van der Waals surface area (Å²) < 4.78 is 9.77. The number of carbonyl (C=O) groups is 4. The first-order valence-electron chi connectivity index (χ1n) is 9.56. The number of rotatable bonds is 5. The van der Waals surface area contributed by atoms with E-state index in [-0.39, 0.29) is 11.8 Å². The Morgan fingerprint density at radius 3 is 2.38 bits per heavy atom. The van der Waals surface area contributed by atoms with E-state index < -0.39 is 29.9 Å². The summed E-state index contributed by atoms with van der Waals surface area (Å²) >= 11 is 0. The van der Waals surface area contributed by atoms with Crippen molar-refractivity contribution in [1.82, 2.24) is 4.90 Å². The minimum Gasteiger partial charge on any atom is -0.465 e. The molecule has 0 unspecified atom stereocenters. The normalized spacial score (nSPS) is 14.8. The maximum atomic E-state index is 12.3. The average Bonchev–Trinajstić information content (AvgIpc) is 2.70. The minimum atomic E-state index is -0.510. The van der Waals surface area contributed by atoms with Gasteiger partial charge in [0.15, 0.2) is 6.61 Å². The predicted molar refractivity (Wildman–Crippen MR) is 106 cm³/mol. The van der Waals surface area contributed by atoms with Crippen LogP contribution in [0.2, 0.25) is 0 Å². The molecule has 1 aliphatic heterocycles. The first-order chi connectivity index (χ1) is 13.6. The van der Waals surface area contributed by atoms with Crippen LogP contribution >= 0.6 is 0 Å². The molecule has 0 atom stereocenters. The molecule has 1 aromatic rings. The Morgan fingerprint density at radius 2 is 1.79 bits per heavy atom. The van der Waals surface area contributed by atoms with E-state index in [1.54, 1.807) is 23.1 Å². The lowest BCUT2D eigenvalue weighted by molar-refractivity contribution is -0.155. The van der Waals surface area contributed by atoms with Gasteiger partial charge in [-0.15, -0.1) is 0 Å². The Balaban J connectivity index is 1.79. The number of nitrogens with one attached hydrogen (secondary N) is 1. The number of carbonyl (C=O) groups excluding carboxylic acids is 4. The molecule has 8 heteroatoms. The standard InChI is InChI=1S/C21H28N2O6/c1-21(2,3)20(27)23-10-8-14(9-11-23)19(26)29-13-17(24)22-16-7-5-6-15(12-16)18(25)28-4/h5-7,12,14H,8-11,13H2,1-4H3,(H,22,24). The molecule has 1 aliphatic rings. The number of hydrogen-bond acceptors (Lipinski definition) is 6. The van der Waals surface area contributed by atoms with Crippen molar-refractivity contribution in [2.45, 2.75) is 33.6 Å². The van der Waals surface area contributed by atoms with Crippen LogP contribution in [0.25, 0.3) is 0 Å². The van der Waals surface area contributed by atoms with E-state index in [2.05, 4.69) is 10.1 Å². The van der Waals surface area contributed by atoms with Crippen LogP contribution in [0.5, 0.6) is 0 Å². The van der Waals surface area contributed by atoms with Gasteiger partial charge in [0, 0.05) is 24.2 Å². The fourth-order valence-electron chi connectivity index (χ4n) is 3.09. The zero-order valence-electron chi connectivity index (χ0n) is 17.3. The highest BCUT2D eigenvalue weighted by molar-refractivity contribution is 5.95. The van der Waals surface area contributed by atoms with Gasteiger partial charge in [-0.1, -0.05) is 26.8 Å². The molecule has 1 heterocycles. The summed E-state index contributed by atoms with van der Waals surface area (Å²) in [4.78, 5) is 49.9. The molecule has 29 heavy (non-hydrogen) atoms. The highest BCUT2D eigenvalue weighted by atomic mass is 16.5. The molecule has 2 rings (SSSR count). The summed E-state index contributed by atoms with van der Waals surface area (Å²) in [7, 11) is 1.27. The summed E-state index contributed by atoms with van der Waals surface area (Å²) in [6.07, 6.45) is 1.03. The van der Waals surface area contributed by atoms with E-state index in [1.165, 1.54) is 13.2 Å². The maximum absolute atomic E-state index is 12.3. The van der Waals surface area contributed by atoms with Crippen molar-refractivity contribution < 1.29 is 28.7 Å². The van der Waals surface area contributed by atoms with Crippen molar-refractivity contribution in [2.24, 2.45) is 11.3 Å². The van der Waals surface area contributed by atoms with Gasteiger partial charge in [-0.3, -0.25) is 14.4 Å². The third kappa shape index (κ3) is 6.30. The highest BCUT2D eigenvalue weighted by Gasteiger charge is 2.33. The third-order valence-electron chi connectivity index (χ3n) is 4.67. The first-order valence-corrected chi connectivity index (χ1v) is 9.56. The van der Waals surface area contributed by atoms with Crippen molar-refractivity contribution in [2.75, 3.05) is 32.1 Å². The van der Waals surface area contributed by atoms with Crippen LogP contribution in [0.4, 0.5) is 5.69 Å². The van der Waals surface area contributed by atoms with Gasteiger partial charge in [-0.2, -0.15) is 0 Å². The molecule has 0 saturated carbocycles. The molecule has 1 N–H and O–H groups in total. The van der Waals surface area contributed by atoms with Gasteiger partial charge in [0.2, 0.25) is 5.91 Å². The molecule has 1 fully saturated rings. The molecule has 0 bridgehead atoms. The minimum absolute atomic E-state index is 0.0675. The number of piperidine rings is 1. The van der Waals surface area contributed by atoms with Crippen LogP contribution in [0.15, 0.2) is 24.3 Å². The molecule has 8 nitrogen and oxygen atoms in total. The van der Waals surface area contributed by atoms with Gasteiger partial charge in [0.05, 0.1) is 18.6 Å². The van der Waals surface area contributed by atoms with E-state index in [0.717, 1.165) is 0 Å². The van der Waals surface area contributed by atoms with Gasteiger partial charge >= 0.3 is 11.9 Å². The van der Waals surface area contributed by atoms with E-state index in [0.29, 0.717) is 37.2 Å². The number of amides is 2. The topological polar surface area (TPSA) is 102 Å². The first kappa shape index (κ1) is 22.4. The molecule has 158 valence electrons. The van der Waals surface area contributed by atoms with Crippen molar-refractivity contribution in [3.05, 3.63) is 29.8 Å². The van der Waals surface area contributed by atoms with Crippen LogP contribution in [-0.2, 0) is 23.9 Å².